The standard InChI is InChI=1S/C16H24FNOS2/c1-3-6-18-14(16-11-20-7-8-21-16)10-12-4-5-15(19-2)13(17)9-12/h4-5,9,14,16,18H,3,6-8,10-11H2,1-2H3. The lowest BCUT2D eigenvalue weighted by molar-refractivity contribution is 0.386. The van der Waals surface area contributed by atoms with Crippen molar-refractivity contribution in [1.82, 2.24) is 5.32 Å². The van der Waals surface area contributed by atoms with Crippen molar-refractivity contribution in [3.05, 3.63) is 29.6 Å². The molecule has 0 aromatic heterocycles. The summed E-state index contributed by atoms with van der Waals surface area (Å²) in [5.74, 6) is 3.70. The van der Waals surface area contributed by atoms with E-state index in [1.165, 1.54) is 24.4 Å². The van der Waals surface area contributed by atoms with E-state index < -0.39 is 0 Å². The van der Waals surface area contributed by atoms with Crippen molar-refractivity contribution < 1.29 is 9.13 Å². The van der Waals surface area contributed by atoms with Gasteiger partial charge in [-0.25, -0.2) is 4.39 Å². The Kier molecular flexibility index (Phi) is 7.20. The maximum atomic E-state index is 13.8. The molecule has 1 aliphatic rings. The predicted molar refractivity (Wildman–Crippen MR) is 92.3 cm³/mol. The Labute approximate surface area is 135 Å². The van der Waals surface area contributed by atoms with Crippen molar-refractivity contribution in [2.45, 2.75) is 31.1 Å². The molecule has 118 valence electrons. The van der Waals surface area contributed by atoms with Crippen molar-refractivity contribution in [3.63, 3.8) is 0 Å². The first-order valence-electron chi connectivity index (χ1n) is 7.49. The quantitative estimate of drug-likeness (QED) is 0.825. The summed E-state index contributed by atoms with van der Waals surface area (Å²) in [6.45, 7) is 3.20. The van der Waals surface area contributed by atoms with Crippen molar-refractivity contribution in [2.24, 2.45) is 0 Å². The topological polar surface area (TPSA) is 21.3 Å². The molecule has 2 rings (SSSR count). The number of hydrogen-bond donors (Lipinski definition) is 1. The maximum absolute atomic E-state index is 13.8. The molecule has 2 nitrogen and oxygen atoms in total. The summed E-state index contributed by atoms with van der Waals surface area (Å²) in [5, 5.41) is 4.26. The minimum absolute atomic E-state index is 0.269. The lowest BCUT2D eigenvalue weighted by Crippen LogP contribution is -2.43. The van der Waals surface area contributed by atoms with Crippen LogP contribution >= 0.6 is 23.5 Å². The number of ether oxygens (including phenoxy) is 1. The molecule has 1 aromatic carbocycles. The van der Waals surface area contributed by atoms with E-state index in [0.717, 1.165) is 24.9 Å². The molecule has 1 aromatic rings. The van der Waals surface area contributed by atoms with Crippen molar-refractivity contribution in [3.8, 4) is 5.75 Å². The highest BCUT2D eigenvalue weighted by Gasteiger charge is 2.24. The van der Waals surface area contributed by atoms with Crippen molar-refractivity contribution >= 4 is 23.5 Å². The second-order valence-corrected chi connectivity index (χ2v) is 7.71. The molecule has 1 heterocycles. The first-order chi connectivity index (χ1) is 10.2. The predicted octanol–water partition coefficient (Wildman–Crippen LogP) is 3.59. The maximum Gasteiger partial charge on any atom is 0.165 e. The average Bonchev–Trinajstić information content (AvgIpc) is 2.52. The summed E-state index contributed by atoms with van der Waals surface area (Å²) in [5.41, 5.74) is 1.04. The molecular weight excluding hydrogens is 305 g/mol. The Hall–Kier alpha value is -0.390. The van der Waals surface area contributed by atoms with Crippen LogP contribution in [0.2, 0.25) is 0 Å². The largest absolute Gasteiger partial charge is 0.494 e. The Morgan fingerprint density at radius 3 is 2.90 bits per heavy atom. The summed E-state index contributed by atoms with van der Waals surface area (Å²) in [7, 11) is 1.50. The molecule has 0 spiro atoms. The number of methoxy groups -OCH3 is 1. The summed E-state index contributed by atoms with van der Waals surface area (Å²) in [4.78, 5) is 0. The third-order valence-corrected chi connectivity index (χ3v) is 6.54. The summed E-state index contributed by atoms with van der Waals surface area (Å²) < 4.78 is 18.8. The molecule has 0 aliphatic carbocycles. The van der Waals surface area contributed by atoms with E-state index in [0.29, 0.717) is 17.0 Å². The van der Waals surface area contributed by atoms with E-state index in [1.807, 2.05) is 17.8 Å². The highest BCUT2D eigenvalue weighted by molar-refractivity contribution is 8.06. The van der Waals surface area contributed by atoms with Crippen LogP contribution in [-0.4, -0.2) is 42.2 Å². The Balaban J connectivity index is 2.04. The minimum atomic E-state index is -0.269. The van der Waals surface area contributed by atoms with E-state index in [1.54, 1.807) is 12.1 Å². The van der Waals surface area contributed by atoms with Crippen LogP contribution in [-0.2, 0) is 6.42 Å². The molecule has 5 heteroatoms. The molecule has 2 atom stereocenters. The lowest BCUT2D eigenvalue weighted by Gasteiger charge is -2.30. The van der Waals surface area contributed by atoms with Crippen molar-refractivity contribution in [1.29, 1.82) is 0 Å². The van der Waals surface area contributed by atoms with Gasteiger partial charge in [0, 0.05) is 28.6 Å². The van der Waals surface area contributed by atoms with E-state index in [9.17, 15) is 4.39 Å². The molecule has 1 saturated heterocycles. The molecule has 1 aliphatic heterocycles. The fraction of sp³-hybridized carbons (Fsp3) is 0.625. The zero-order valence-electron chi connectivity index (χ0n) is 12.7. The number of rotatable bonds is 7. The second-order valence-electron chi connectivity index (χ2n) is 5.22. The van der Waals surface area contributed by atoms with Gasteiger partial charge in [-0.15, -0.1) is 0 Å². The normalized spacial score (nSPS) is 20.2. The molecular formula is C16H24FNOS2. The lowest BCUT2D eigenvalue weighted by atomic mass is 10.0. The number of benzene rings is 1. The highest BCUT2D eigenvalue weighted by atomic mass is 32.2. The molecule has 0 bridgehead atoms. The first-order valence-corrected chi connectivity index (χ1v) is 9.70. The summed E-state index contributed by atoms with van der Waals surface area (Å²) in [6.07, 6.45) is 2.00. The molecule has 0 amide bonds. The molecule has 1 N–H and O–H groups in total. The van der Waals surface area contributed by atoms with Crippen LogP contribution in [0.5, 0.6) is 5.75 Å². The Bertz CT molecular complexity index is 438. The SMILES string of the molecule is CCCNC(Cc1ccc(OC)c(F)c1)C1CSCCS1. The minimum Gasteiger partial charge on any atom is -0.494 e. The van der Waals surface area contributed by atoms with E-state index >= 15 is 0 Å². The number of nitrogens with one attached hydrogen (secondary N) is 1. The molecule has 0 saturated carbocycles. The molecule has 21 heavy (non-hydrogen) atoms. The Morgan fingerprint density at radius 2 is 2.29 bits per heavy atom. The monoisotopic (exact) mass is 329 g/mol. The fourth-order valence-electron chi connectivity index (χ4n) is 2.49. The van der Waals surface area contributed by atoms with Crippen molar-refractivity contribution in [2.75, 3.05) is 30.9 Å². The third kappa shape index (κ3) is 5.08. The number of thioether (sulfide) groups is 2. The van der Waals surface area contributed by atoms with Crippen LogP contribution in [0.1, 0.15) is 18.9 Å². The van der Waals surface area contributed by atoms with Crippen LogP contribution in [0.3, 0.4) is 0 Å². The smallest absolute Gasteiger partial charge is 0.165 e. The molecule has 2 unspecified atom stereocenters. The first kappa shape index (κ1) is 17.0. The van der Waals surface area contributed by atoms with E-state index in [4.69, 9.17) is 4.74 Å². The van der Waals surface area contributed by atoms with Gasteiger partial charge >= 0.3 is 0 Å². The summed E-state index contributed by atoms with van der Waals surface area (Å²) >= 11 is 4.08. The van der Waals surface area contributed by atoms with Gasteiger partial charge in [-0.3, -0.25) is 0 Å². The van der Waals surface area contributed by atoms with Gasteiger partial charge in [0.2, 0.25) is 0 Å². The van der Waals surface area contributed by atoms with Gasteiger partial charge < -0.3 is 10.1 Å². The summed E-state index contributed by atoms with van der Waals surface area (Å²) in [6, 6.07) is 5.73. The zero-order chi connectivity index (χ0) is 15.1. The third-order valence-electron chi connectivity index (χ3n) is 3.62. The van der Waals surface area contributed by atoms with Gasteiger partial charge in [-0.1, -0.05) is 13.0 Å². The number of halogens is 1. The average molecular weight is 330 g/mol. The zero-order valence-corrected chi connectivity index (χ0v) is 14.4. The highest BCUT2D eigenvalue weighted by Crippen LogP contribution is 2.28. The van der Waals surface area contributed by atoms with Gasteiger partial charge in [0.05, 0.1) is 7.11 Å². The van der Waals surface area contributed by atoms with Gasteiger partial charge in [-0.2, -0.15) is 23.5 Å². The van der Waals surface area contributed by atoms with Gasteiger partial charge in [0.25, 0.3) is 0 Å². The molecule has 1 fully saturated rings. The second kappa shape index (κ2) is 8.91. The van der Waals surface area contributed by atoms with Crippen LogP contribution in [0, 0.1) is 5.82 Å². The van der Waals surface area contributed by atoms with Gasteiger partial charge in [-0.05, 0) is 37.1 Å². The van der Waals surface area contributed by atoms with Gasteiger partial charge in [0.15, 0.2) is 11.6 Å². The van der Waals surface area contributed by atoms with Crippen LogP contribution in [0.4, 0.5) is 4.39 Å². The number of hydrogen-bond acceptors (Lipinski definition) is 4. The Morgan fingerprint density at radius 1 is 1.43 bits per heavy atom. The van der Waals surface area contributed by atoms with Gasteiger partial charge in [0.1, 0.15) is 0 Å². The van der Waals surface area contributed by atoms with E-state index in [-0.39, 0.29) is 5.82 Å². The van der Waals surface area contributed by atoms with E-state index in [2.05, 4.69) is 24.0 Å². The van der Waals surface area contributed by atoms with Crippen LogP contribution < -0.4 is 10.1 Å². The fourth-order valence-corrected chi connectivity index (χ4v) is 5.38. The van der Waals surface area contributed by atoms with Crippen LogP contribution in [0.15, 0.2) is 18.2 Å². The van der Waals surface area contributed by atoms with Crippen LogP contribution in [0.25, 0.3) is 0 Å². The molecule has 0 radical (unpaired) electrons.